The molecule has 98 valence electrons. The van der Waals surface area contributed by atoms with Gasteiger partial charge in [0.2, 0.25) is 0 Å². The van der Waals surface area contributed by atoms with E-state index in [0.29, 0.717) is 24.7 Å². The number of hydrogen-bond donors (Lipinski definition) is 1. The van der Waals surface area contributed by atoms with E-state index in [1.807, 2.05) is 18.2 Å². The van der Waals surface area contributed by atoms with Crippen molar-refractivity contribution >= 4 is 23.3 Å². The zero-order valence-electron chi connectivity index (χ0n) is 10.1. The predicted octanol–water partition coefficient (Wildman–Crippen LogP) is 2.19. The highest BCUT2D eigenvalue weighted by molar-refractivity contribution is 6.33. The lowest BCUT2D eigenvalue weighted by atomic mass is 10.1. The molecule has 18 heavy (non-hydrogen) atoms. The minimum atomic E-state index is -0.780. The van der Waals surface area contributed by atoms with Gasteiger partial charge in [-0.2, -0.15) is 0 Å². The molecular weight excluding hydrogens is 254 g/mol. The Kier molecular flexibility index (Phi) is 4.44. The molecule has 0 unspecified atom stereocenters. The lowest BCUT2D eigenvalue weighted by Gasteiger charge is -2.30. The molecule has 0 aliphatic carbocycles. The predicted molar refractivity (Wildman–Crippen MR) is 70.4 cm³/mol. The number of nitrogens with zero attached hydrogens (tertiary/aromatic N) is 1. The van der Waals surface area contributed by atoms with Crippen LogP contribution in [0, 0.1) is 0 Å². The standard InChI is InChI=1S/C13H16ClNO3/c14-11-3-1-10(2-4-13(16)17)9-12(11)15-5-7-18-8-6-15/h1,3,9H,2,4-8H2,(H,16,17). The van der Waals surface area contributed by atoms with Gasteiger partial charge in [-0.1, -0.05) is 17.7 Å². The Hall–Kier alpha value is -1.26. The van der Waals surface area contributed by atoms with Crippen molar-refractivity contribution in [3.63, 3.8) is 0 Å². The van der Waals surface area contributed by atoms with Crippen LogP contribution in [0.3, 0.4) is 0 Å². The number of rotatable bonds is 4. The molecule has 1 aromatic carbocycles. The molecular formula is C13H16ClNO3. The maximum Gasteiger partial charge on any atom is 0.303 e. The van der Waals surface area contributed by atoms with Crippen LogP contribution < -0.4 is 4.90 Å². The van der Waals surface area contributed by atoms with Gasteiger partial charge in [-0.25, -0.2) is 0 Å². The molecule has 5 heteroatoms. The summed E-state index contributed by atoms with van der Waals surface area (Å²) in [5, 5.41) is 9.40. The Bertz CT molecular complexity index is 430. The monoisotopic (exact) mass is 269 g/mol. The number of benzene rings is 1. The third-order valence-electron chi connectivity index (χ3n) is 2.99. The van der Waals surface area contributed by atoms with Crippen LogP contribution in [0.2, 0.25) is 5.02 Å². The SMILES string of the molecule is O=C(O)CCc1ccc(Cl)c(N2CCOCC2)c1. The van der Waals surface area contributed by atoms with Crippen LogP contribution in [0.4, 0.5) is 5.69 Å². The van der Waals surface area contributed by atoms with Crippen LogP contribution in [0.15, 0.2) is 18.2 Å². The Morgan fingerprint density at radius 3 is 2.78 bits per heavy atom. The molecule has 0 aromatic heterocycles. The number of aryl methyl sites for hydroxylation is 1. The van der Waals surface area contributed by atoms with Gasteiger partial charge in [0.25, 0.3) is 0 Å². The van der Waals surface area contributed by atoms with Gasteiger partial charge >= 0.3 is 5.97 Å². The van der Waals surface area contributed by atoms with E-state index in [9.17, 15) is 4.79 Å². The second kappa shape index (κ2) is 6.07. The number of hydrogen-bond acceptors (Lipinski definition) is 3. The fourth-order valence-corrected chi connectivity index (χ4v) is 2.25. The first-order valence-corrected chi connectivity index (χ1v) is 6.37. The van der Waals surface area contributed by atoms with Crippen LogP contribution in [-0.4, -0.2) is 37.4 Å². The highest BCUT2D eigenvalue weighted by Crippen LogP contribution is 2.28. The maximum atomic E-state index is 10.6. The van der Waals surface area contributed by atoms with Crippen molar-refractivity contribution < 1.29 is 14.6 Å². The Morgan fingerprint density at radius 1 is 1.39 bits per heavy atom. The Morgan fingerprint density at radius 2 is 2.11 bits per heavy atom. The molecule has 1 aliphatic heterocycles. The maximum absolute atomic E-state index is 10.6. The van der Waals surface area contributed by atoms with Gasteiger partial charge in [-0.05, 0) is 24.1 Å². The second-order valence-corrected chi connectivity index (χ2v) is 4.69. The van der Waals surface area contributed by atoms with E-state index >= 15 is 0 Å². The molecule has 0 radical (unpaired) electrons. The van der Waals surface area contributed by atoms with Crippen molar-refractivity contribution in [2.24, 2.45) is 0 Å². The van der Waals surface area contributed by atoms with Gasteiger partial charge < -0.3 is 14.7 Å². The van der Waals surface area contributed by atoms with E-state index < -0.39 is 5.97 Å². The summed E-state index contributed by atoms with van der Waals surface area (Å²) in [5.74, 6) is -0.780. The highest BCUT2D eigenvalue weighted by Gasteiger charge is 2.14. The second-order valence-electron chi connectivity index (χ2n) is 4.28. The van der Waals surface area contributed by atoms with Gasteiger partial charge in [0, 0.05) is 19.5 Å². The molecule has 1 heterocycles. The fraction of sp³-hybridized carbons (Fsp3) is 0.462. The number of anilines is 1. The van der Waals surface area contributed by atoms with Crippen molar-refractivity contribution in [2.45, 2.75) is 12.8 Å². The van der Waals surface area contributed by atoms with Gasteiger partial charge in [0.1, 0.15) is 0 Å². The van der Waals surface area contributed by atoms with Crippen molar-refractivity contribution in [3.8, 4) is 0 Å². The van der Waals surface area contributed by atoms with Crippen LogP contribution >= 0.6 is 11.6 Å². The topological polar surface area (TPSA) is 49.8 Å². The molecule has 0 spiro atoms. The van der Waals surface area contributed by atoms with Gasteiger partial charge in [-0.15, -0.1) is 0 Å². The molecule has 2 rings (SSSR count). The van der Waals surface area contributed by atoms with Crippen LogP contribution in [0.5, 0.6) is 0 Å². The smallest absolute Gasteiger partial charge is 0.303 e. The van der Waals surface area contributed by atoms with Crippen molar-refractivity contribution in [1.82, 2.24) is 0 Å². The summed E-state index contributed by atoms with van der Waals surface area (Å²) >= 11 is 6.19. The third-order valence-corrected chi connectivity index (χ3v) is 3.31. The highest BCUT2D eigenvalue weighted by atomic mass is 35.5. The molecule has 4 nitrogen and oxygen atoms in total. The van der Waals surface area contributed by atoms with E-state index in [-0.39, 0.29) is 6.42 Å². The zero-order chi connectivity index (χ0) is 13.0. The molecule has 0 atom stereocenters. The molecule has 0 amide bonds. The van der Waals surface area contributed by atoms with Crippen LogP contribution in [-0.2, 0) is 16.0 Å². The average Bonchev–Trinajstić information content (AvgIpc) is 2.38. The van der Waals surface area contributed by atoms with Gasteiger partial charge in [0.15, 0.2) is 0 Å². The molecule has 1 aliphatic rings. The minimum Gasteiger partial charge on any atom is -0.481 e. The van der Waals surface area contributed by atoms with E-state index in [4.69, 9.17) is 21.4 Å². The zero-order valence-corrected chi connectivity index (χ0v) is 10.8. The molecule has 0 bridgehead atoms. The van der Waals surface area contributed by atoms with Crippen molar-refractivity contribution in [3.05, 3.63) is 28.8 Å². The van der Waals surface area contributed by atoms with Crippen molar-refractivity contribution in [2.75, 3.05) is 31.2 Å². The summed E-state index contributed by atoms with van der Waals surface area (Å²) in [7, 11) is 0. The first-order valence-electron chi connectivity index (χ1n) is 6.00. The molecule has 1 aromatic rings. The first kappa shape index (κ1) is 13.2. The Labute approximate surface area is 111 Å². The summed E-state index contributed by atoms with van der Waals surface area (Å²) in [6, 6.07) is 5.70. The normalized spacial score (nSPS) is 15.7. The average molecular weight is 270 g/mol. The molecule has 1 N–H and O–H groups in total. The number of halogens is 1. The lowest BCUT2D eigenvalue weighted by Crippen LogP contribution is -2.36. The van der Waals surface area contributed by atoms with E-state index in [1.165, 1.54) is 0 Å². The first-order chi connectivity index (χ1) is 8.66. The van der Waals surface area contributed by atoms with Gasteiger partial charge in [-0.3, -0.25) is 4.79 Å². The summed E-state index contributed by atoms with van der Waals surface area (Å²) in [5.41, 5.74) is 1.98. The van der Waals surface area contributed by atoms with Crippen LogP contribution in [0.25, 0.3) is 0 Å². The quantitative estimate of drug-likeness (QED) is 0.910. The Balaban J connectivity index is 2.12. The number of aliphatic carboxylic acids is 1. The van der Waals surface area contributed by atoms with Gasteiger partial charge in [0.05, 0.1) is 23.9 Å². The third kappa shape index (κ3) is 3.37. The molecule has 1 fully saturated rings. The number of ether oxygens (including phenoxy) is 1. The molecule has 0 saturated carbocycles. The summed E-state index contributed by atoms with van der Waals surface area (Å²) in [6.07, 6.45) is 0.675. The minimum absolute atomic E-state index is 0.143. The van der Waals surface area contributed by atoms with Crippen LogP contribution in [0.1, 0.15) is 12.0 Å². The van der Waals surface area contributed by atoms with E-state index in [1.54, 1.807) is 0 Å². The summed E-state index contributed by atoms with van der Waals surface area (Å²) in [4.78, 5) is 12.7. The molecule has 1 saturated heterocycles. The lowest BCUT2D eigenvalue weighted by molar-refractivity contribution is -0.136. The number of carboxylic acid groups (broad SMARTS) is 1. The number of morpholine rings is 1. The summed E-state index contributed by atoms with van der Waals surface area (Å²) < 4.78 is 5.31. The largest absolute Gasteiger partial charge is 0.481 e. The van der Waals surface area contributed by atoms with E-state index in [2.05, 4.69) is 4.90 Å². The number of carboxylic acids is 1. The fourth-order valence-electron chi connectivity index (χ4n) is 2.01. The van der Waals surface area contributed by atoms with Crippen molar-refractivity contribution in [1.29, 1.82) is 0 Å². The number of carbonyl (C=O) groups is 1. The van der Waals surface area contributed by atoms with E-state index in [0.717, 1.165) is 24.3 Å². The summed E-state index contributed by atoms with van der Waals surface area (Å²) in [6.45, 7) is 3.05.